The number of hydrogen-bond donors (Lipinski definition) is 3. The van der Waals surface area contributed by atoms with Crippen LogP contribution in [0.3, 0.4) is 0 Å². The average Bonchev–Trinajstić information content (AvgIpc) is 2.72. The molecule has 3 aromatic rings. The van der Waals surface area contributed by atoms with Crippen molar-refractivity contribution < 1.29 is 9.84 Å². The Kier molecular flexibility index (Phi) is 7.15. The van der Waals surface area contributed by atoms with Crippen LogP contribution in [-0.2, 0) is 0 Å². The molecule has 10 nitrogen and oxygen atoms in total. The smallest absolute Gasteiger partial charge is 0.349 e. The number of aromatic amines is 1. The number of nitrogens with one attached hydrogen (secondary N) is 2. The first-order valence-corrected chi connectivity index (χ1v) is 9.89. The zero-order valence-electron chi connectivity index (χ0n) is 15.8. The molecule has 3 N–H and O–H groups in total. The van der Waals surface area contributed by atoms with E-state index >= 15 is 0 Å². The molecule has 1 aliphatic rings. The Balaban J connectivity index is 0.00000272. The molecule has 13 heteroatoms. The number of nitrogens with zero attached hydrogens (tertiary/aromatic N) is 4. The Morgan fingerprint density at radius 1 is 1.19 bits per heavy atom. The predicted molar refractivity (Wildman–Crippen MR) is 118 cm³/mol. The number of ether oxygens (including phenoxy) is 1. The van der Waals surface area contributed by atoms with Gasteiger partial charge in [-0.1, -0.05) is 18.2 Å². The number of hydrazone groups is 1. The molecular formula is C18H10Br2N6NaO4. The van der Waals surface area contributed by atoms with Gasteiger partial charge in [0.1, 0.15) is 6.07 Å². The molecule has 0 bridgehead atoms. The van der Waals surface area contributed by atoms with Crippen molar-refractivity contribution in [1.82, 2.24) is 20.2 Å². The van der Waals surface area contributed by atoms with Gasteiger partial charge in [-0.25, -0.2) is 4.79 Å². The van der Waals surface area contributed by atoms with E-state index in [0.29, 0.717) is 25.8 Å². The van der Waals surface area contributed by atoms with Gasteiger partial charge in [0, 0.05) is 40.7 Å². The van der Waals surface area contributed by atoms with E-state index in [1.165, 1.54) is 12.1 Å². The van der Waals surface area contributed by atoms with Crippen molar-refractivity contribution in [2.24, 2.45) is 5.10 Å². The molecule has 151 valence electrons. The molecule has 2 heterocycles. The third kappa shape index (κ3) is 4.52. The number of hydrogen-bond acceptors (Lipinski definition) is 8. The number of H-pyrrole nitrogens is 1. The van der Waals surface area contributed by atoms with E-state index in [9.17, 15) is 14.7 Å². The van der Waals surface area contributed by atoms with Crippen LogP contribution in [0.15, 0.2) is 60.0 Å². The maximum absolute atomic E-state index is 12.1. The van der Waals surface area contributed by atoms with E-state index in [-0.39, 0.29) is 41.1 Å². The minimum atomic E-state index is -0.949. The van der Waals surface area contributed by atoms with Crippen molar-refractivity contribution in [2.75, 3.05) is 0 Å². The van der Waals surface area contributed by atoms with Crippen molar-refractivity contribution in [2.45, 2.75) is 6.23 Å². The molecule has 0 saturated carbocycles. The number of aliphatic hydroxyl groups is 1. The van der Waals surface area contributed by atoms with Crippen molar-refractivity contribution in [1.29, 1.82) is 5.26 Å². The first kappa shape index (κ1) is 23.4. The van der Waals surface area contributed by atoms with Gasteiger partial charge in [-0.2, -0.15) is 9.94 Å². The average molecular weight is 557 g/mol. The standard InChI is InChI=1S/C18H10Br2N6O4.Na/c19-11-5-8(26-18(29)22-16(28)13(7-21)25-26)6-12(20)14(11)30-17-10-4-2-1-3-9(10)15(27)23-24-17;/h1-6,15,23,27H,(H,22,28,29);. The van der Waals surface area contributed by atoms with Gasteiger partial charge in [0.25, 0.3) is 5.56 Å². The molecule has 1 radical (unpaired) electrons. The molecule has 1 aromatic heterocycles. The second kappa shape index (κ2) is 9.47. The molecule has 0 saturated heterocycles. The van der Waals surface area contributed by atoms with Crippen molar-refractivity contribution in [3.63, 3.8) is 0 Å². The van der Waals surface area contributed by atoms with Gasteiger partial charge < -0.3 is 9.84 Å². The molecule has 1 aliphatic heterocycles. The maximum Gasteiger partial charge on any atom is 0.349 e. The number of fused-ring (bicyclic) bond motifs is 1. The van der Waals surface area contributed by atoms with E-state index in [2.05, 4.69) is 47.5 Å². The summed E-state index contributed by atoms with van der Waals surface area (Å²) in [5.74, 6) is 0.583. The van der Waals surface area contributed by atoms with Gasteiger partial charge in [-0.15, -0.1) is 10.2 Å². The van der Waals surface area contributed by atoms with E-state index in [0.717, 1.165) is 4.68 Å². The predicted octanol–water partition coefficient (Wildman–Crippen LogP) is 1.27. The summed E-state index contributed by atoms with van der Waals surface area (Å²) in [6.07, 6.45) is -0.949. The molecule has 0 amide bonds. The van der Waals surface area contributed by atoms with Gasteiger partial charge in [-0.05, 0) is 50.1 Å². The number of nitriles is 1. The van der Waals surface area contributed by atoms with Crippen LogP contribution in [0, 0.1) is 11.3 Å². The minimum absolute atomic E-state index is 0. The van der Waals surface area contributed by atoms with Crippen molar-refractivity contribution >= 4 is 67.3 Å². The summed E-state index contributed by atoms with van der Waals surface area (Å²) in [6.45, 7) is 0. The van der Waals surface area contributed by atoms with E-state index in [1.807, 2.05) is 4.98 Å². The maximum atomic E-state index is 12.1. The monoisotopic (exact) mass is 555 g/mol. The fourth-order valence-corrected chi connectivity index (χ4v) is 4.09. The summed E-state index contributed by atoms with van der Waals surface area (Å²) in [6, 6.07) is 11.8. The summed E-state index contributed by atoms with van der Waals surface area (Å²) >= 11 is 6.78. The summed E-state index contributed by atoms with van der Waals surface area (Å²) in [5, 5.41) is 26.9. The topological polar surface area (TPSA) is 145 Å². The molecule has 4 rings (SSSR count). The molecular weight excluding hydrogens is 547 g/mol. The largest absolute Gasteiger partial charge is 0.435 e. The van der Waals surface area contributed by atoms with Crippen LogP contribution in [0.5, 0.6) is 5.75 Å². The fourth-order valence-electron chi connectivity index (χ4n) is 2.77. The van der Waals surface area contributed by atoms with Crippen LogP contribution in [0.2, 0.25) is 0 Å². The van der Waals surface area contributed by atoms with Crippen LogP contribution in [0.4, 0.5) is 0 Å². The summed E-state index contributed by atoms with van der Waals surface area (Å²) in [7, 11) is 0. The third-order valence-corrected chi connectivity index (χ3v) is 5.31. The van der Waals surface area contributed by atoms with Gasteiger partial charge in [0.15, 0.2) is 12.0 Å². The Hall–Kier alpha value is -2.27. The Morgan fingerprint density at radius 2 is 1.87 bits per heavy atom. The molecule has 2 aromatic carbocycles. The number of benzene rings is 2. The van der Waals surface area contributed by atoms with E-state index < -0.39 is 23.2 Å². The van der Waals surface area contributed by atoms with E-state index in [1.54, 1.807) is 30.3 Å². The number of aliphatic hydroxyl groups excluding tert-OH is 1. The van der Waals surface area contributed by atoms with Crippen LogP contribution in [0.25, 0.3) is 5.69 Å². The van der Waals surface area contributed by atoms with Crippen LogP contribution in [0.1, 0.15) is 23.0 Å². The number of aromatic nitrogens is 3. The van der Waals surface area contributed by atoms with Gasteiger partial charge in [0.05, 0.1) is 14.6 Å². The molecule has 0 spiro atoms. The second-order valence-corrected chi connectivity index (χ2v) is 7.72. The summed E-state index contributed by atoms with van der Waals surface area (Å²) in [5.41, 5.74) is 1.98. The quantitative estimate of drug-likeness (QED) is 0.403. The van der Waals surface area contributed by atoms with Crippen molar-refractivity contribution in [3.8, 4) is 17.5 Å². The Morgan fingerprint density at radius 3 is 2.55 bits per heavy atom. The molecule has 1 atom stereocenters. The Bertz CT molecular complexity index is 1340. The molecule has 0 fully saturated rings. The van der Waals surface area contributed by atoms with Crippen LogP contribution < -0.4 is 21.4 Å². The van der Waals surface area contributed by atoms with Gasteiger partial charge in [-0.3, -0.25) is 15.2 Å². The minimum Gasteiger partial charge on any atom is -0.435 e. The summed E-state index contributed by atoms with van der Waals surface area (Å²) < 4.78 is 7.72. The molecule has 31 heavy (non-hydrogen) atoms. The zero-order chi connectivity index (χ0) is 21.4. The molecule has 0 aliphatic carbocycles. The Labute approximate surface area is 213 Å². The van der Waals surface area contributed by atoms with E-state index in [4.69, 9.17) is 10.00 Å². The first-order chi connectivity index (χ1) is 14.4. The fraction of sp³-hybridized carbons (Fsp3) is 0.0556. The number of rotatable bonds is 2. The number of halogens is 2. The van der Waals surface area contributed by atoms with Crippen LogP contribution in [-0.4, -0.2) is 55.3 Å². The zero-order valence-corrected chi connectivity index (χ0v) is 20.9. The normalized spacial score (nSPS) is 14.4. The molecule has 1 unspecified atom stereocenters. The van der Waals surface area contributed by atoms with Gasteiger partial charge in [0.2, 0.25) is 11.6 Å². The third-order valence-electron chi connectivity index (χ3n) is 4.13. The second-order valence-electron chi connectivity index (χ2n) is 6.01. The first-order valence-electron chi connectivity index (χ1n) is 8.30. The van der Waals surface area contributed by atoms with Crippen LogP contribution >= 0.6 is 31.9 Å². The summed E-state index contributed by atoms with van der Waals surface area (Å²) in [4.78, 5) is 25.7. The van der Waals surface area contributed by atoms with Crippen molar-refractivity contribution in [3.05, 3.63) is 83.0 Å². The van der Waals surface area contributed by atoms with Gasteiger partial charge >= 0.3 is 5.69 Å². The SMILES string of the molecule is N#Cc1nn(-c2cc(Br)c(OC3=NNC(O)c4ccccc43)c(Br)c2)c(=O)[nH]c1=O.[Na].